The number of nitrogens with zero attached hydrogens (tertiary/aromatic N) is 1. The predicted octanol–water partition coefficient (Wildman–Crippen LogP) is 1.17. The number of rotatable bonds is 6. The van der Waals surface area contributed by atoms with Crippen molar-refractivity contribution in [1.29, 1.82) is 0 Å². The maximum absolute atomic E-state index is 12.3. The minimum Gasteiger partial charge on any atom is -0.463 e. The number of aliphatic hydroxyl groups excluding tert-OH is 1. The SMILES string of the molecule is CC[C@H](C)[C@](O)(C(=O)OC[C@H]1CCN2CCC[C@@H]12)[C@@H](C)O. The van der Waals surface area contributed by atoms with E-state index in [9.17, 15) is 15.0 Å². The summed E-state index contributed by atoms with van der Waals surface area (Å²) < 4.78 is 5.41. The first-order valence-corrected chi connectivity index (χ1v) is 8.22. The number of esters is 1. The average Bonchev–Trinajstić information content (AvgIpc) is 3.06. The molecule has 0 aromatic carbocycles. The summed E-state index contributed by atoms with van der Waals surface area (Å²) in [5.74, 6) is -0.647. The van der Waals surface area contributed by atoms with Crippen molar-refractivity contribution in [3.63, 3.8) is 0 Å². The summed E-state index contributed by atoms with van der Waals surface area (Å²) in [6, 6.07) is 0.529. The molecule has 2 rings (SSSR count). The molecule has 0 saturated carbocycles. The van der Waals surface area contributed by atoms with Crippen molar-refractivity contribution in [2.45, 2.75) is 64.2 Å². The largest absolute Gasteiger partial charge is 0.463 e. The maximum Gasteiger partial charge on any atom is 0.341 e. The van der Waals surface area contributed by atoms with Crippen LogP contribution in [0.4, 0.5) is 0 Å². The van der Waals surface area contributed by atoms with Gasteiger partial charge in [-0.1, -0.05) is 20.3 Å². The maximum atomic E-state index is 12.3. The van der Waals surface area contributed by atoms with E-state index < -0.39 is 17.7 Å². The molecule has 0 radical (unpaired) electrons. The second-order valence-corrected chi connectivity index (χ2v) is 6.70. The third-order valence-corrected chi connectivity index (χ3v) is 5.50. The van der Waals surface area contributed by atoms with Gasteiger partial charge in [0.15, 0.2) is 5.60 Å². The zero-order chi connectivity index (χ0) is 15.6. The van der Waals surface area contributed by atoms with Crippen LogP contribution in [0.2, 0.25) is 0 Å². The molecule has 21 heavy (non-hydrogen) atoms. The highest BCUT2D eigenvalue weighted by molar-refractivity contribution is 5.80. The summed E-state index contributed by atoms with van der Waals surface area (Å²) in [7, 11) is 0. The van der Waals surface area contributed by atoms with Gasteiger partial charge in [-0.05, 0) is 45.2 Å². The number of aliphatic hydroxyl groups is 2. The molecule has 0 aromatic rings. The highest BCUT2D eigenvalue weighted by Crippen LogP contribution is 2.33. The van der Waals surface area contributed by atoms with Crippen molar-refractivity contribution in [2.24, 2.45) is 11.8 Å². The molecule has 5 nitrogen and oxygen atoms in total. The summed E-state index contributed by atoms with van der Waals surface area (Å²) >= 11 is 0. The second kappa shape index (κ2) is 6.63. The summed E-state index contributed by atoms with van der Waals surface area (Å²) in [4.78, 5) is 14.8. The van der Waals surface area contributed by atoms with E-state index in [0.29, 0.717) is 25.0 Å². The molecule has 0 amide bonds. The van der Waals surface area contributed by atoms with Crippen molar-refractivity contribution in [3.05, 3.63) is 0 Å². The van der Waals surface area contributed by atoms with E-state index in [1.165, 1.54) is 19.8 Å². The molecule has 2 fully saturated rings. The van der Waals surface area contributed by atoms with Crippen LogP contribution < -0.4 is 0 Å². The van der Waals surface area contributed by atoms with E-state index in [4.69, 9.17) is 4.74 Å². The van der Waals surface area contributed by atoms with E-state index in [1.807, 2.05) is 6.92 Å². The minimum atomic E-state index is -1.80. The first-order valence-electron chi connectivity index (χ1n) is 8.22. The molecule has 122 valence electrons. The molecular weight excluding hydrogens is 270 g/mol. The van der Waals surface area contributed by atoms with Gasteiger partial charge in [0, 0.05) is 12.0 Å². The molecule has 2 saturated heterocycles. The van der Waals surface area contributed by atoms with Gasteiger partial charge in [0.25, 0.3) is 0 Å². The van der Waals surface area contributed by atoms with E-state index in [1.54, 1.807) is 6.92 Å². The number of ether oxygens (including phenoxy) is 1. The number of fused-ring (bicyclic) bond motifs is 1. The monoisotopic (exact) mass is 299 g/mol. The second-order valence-electron chi connectivity index (χ2n) is 6.70. The first kappa shape index (κ1) is 16.7. The summed E-state index contributed by atoms with van der Waals surface area (Å²) in [6.07, 6.45) is 2.92. The first-order chi connectivity index (χ1) is 9.91. The third-order valence-electron chi connectivity index (χ3n) is 5.50. The zero-order valence-corrected chi connectivity index (χ0v) is 13.4. The molecule has 2 heterocycles. The number of hydrogen-bond donors (Lipinski definition) is 2. The zero-order valence-electron chi connectivity index (χ0n) is 13.4. The van der Waals surface area contributed by atoms with Gasteiger partial charge >= 0.3 is 5.97 Å². The van der Waals surface area contributed by atoms with Crippen LogP contribution in [0.1, 0.15) is 46.5 Å². The van der Waals surface area contributed by atoms with E-state index in [0.717, 1.165) is 19.5 Å². The average molecular weight is 299 g/mol. The number of carbonyl (C=O) groups excluding carboxylic acids is 1. The van der Waals surface area contributed by atoms with Crippen molar-refractivity contribution in [1.82, 2.24) is 4.90 Å². The Balaban J connectivity index is 1.93. The topological polar surface area (TPSA) is 70.0 Å². The van der Waals surface area contributed by atoms with Crippen LogP contribution in [0, 0.1) is 11.8 Å². The molecule has 0 spiro atoms. The van der Waals surface area contributed by atoms with Gasteiger partial charge in [0.05, 0.1) is 12.7 Å². The van der Waals surface area contributed by atoms with E-state index in [-0.39, 0.29) is 5.92 Å². The van der Waals surface area contributed by atoms with Crippen LogP contribution in [0.5, 0.6) is 0 Å². The predicted molar refractivity (Wildman–Crippen MR) is 79.7 cm³/mol. The Bertz CT molecular complexity index is 373. The van der Waals surface area contributed by atoms with Gasteiger partial charge in [-0.3, -0.25) is 4.90 Å². The molecule has 0 aromatic heterocycles. The van der Waals surface area contributed by atoms with Crippen LogP contribution >= 0.6 is 0 Å². The molecule has 5 heteroatoms. The lowest BCUT2D eigenvalue weighted by Crippen LogP contribution is -2.54. The van der Waals surface area contributed by atoms with Gasteiger partial charge in [0.1, 0.15) is 0 Å². The van der Waals surface area contributed by atoms with Crippen molar-refractivity contribution >= 4 is 5.97 Å². The Hall–Kier alpha value is -0.650. The Morgan fingerprint density at radius 2 is 2.10 bits per heavy atom. The fourth-order valence-corrected chi connectivity index (χ4v) is 3.77. The molecule has 5 atom stereocenters. The summed E-state index contributed by atoms with van der Waals surface area (Å²) in [5.41, 5.74) is -1.80. The Kier molecular flexibility index (Phi) is 5.28. The van der Waals surface area contributed by atoms with Crippen molar-refractivity contribution < 1.29 is 19.7 Å². The highest BCUT2D eigenvalue weighted by Gasteiger charge is 2.47. The number of carbonyl (C=O) groups is 1. The Morgan fingerprint density at radius 1 is 1.38 bits per heavy atom. The fourth-order valence-electron chi connectivity index (χ4n) is 3.77. The van der Waals surface area contributed by atoms with Crippen LogP contribution in [-0.4, -0.2) is 58.5 Å². The molecule has 0 bridgehead atoms. The van der Waals surface area contributed by atoms with Crippen molar-refractivity contribution in [3.8, 4) is 0 Å². The Morgan fingerprint density at radius 3 is 2.71 bits per heavy atom. The summed E-state index contributed by atoms with van der Waals surface area (Å²) in [6.45, 7) is 7.69. The van der Waals surface area contributed by atoms with Gasteiger partial charge in [0.2, 0.25) is 0 Å². The fraction of sp³-hybridized carbons (Fsp3) is 0.938. The molecular formula is C16H29NO4. The van der Waals surface area contributed by atoms with Crippen LogP contribution in [0.3, 0.4) is 0 Å². The molecule has 2 aliphatic rings. The standard InChI is InChI=1S/C16H29NO4/c1-4-11(2)16(20,12(3)18)15(19)21-10-13-7-9-17-8-5-6-14(13)17/h11-14,18,20H,4-10H2,1-3H3/t11-,12+,13+,14-,16+/m0/s1. The molecule has 2 aliphatic heterocycles. The minimum absolute atomic E-state index is 0.337. The van der Waals surface area contributed by atoms with E-state index >= 15 is 0 Å². The molecule has 0 aliphatic carbocycles. The molecule has 0 unspecified atom stereocenters. The Labute approximate surface area is 127 Å². The number of hydrogen-bond acceptors (Lipinski definition) is 5. The lowest BCUT2D eigenvalue weighted by Gasteiger charge is -2.34. The van der Waals surface area contributed by atoms with Crippen molar-refractivity contribution in [2.75, 3.05) is 19.7 Å². The highest BCUT2D eigenvalue weighted by atomic mass is 16.6. The van der Waals surface area contributed by atoms with Crippen LogP contribution in [0.25, 0.3) is 0 Å². The lowest BCUT2D eigenvalue weighted by atomic mass is 9.82. The quantitative estimate of drug-likeness (QED) is 0.721. The van der Waals surface area contributed by atoms with E-state index in [2.05, 4.69) is 4.90 Å². The smallest absolute Gasteiger partial charge is 0.341 e. The van der Waals surface area contributed by atoms with Gasteiger partial charge in [-0.15, -0.1) is 0 Å². The lowest BCUT2D eigenvalue weighted by molar-refractivity contribution is -0.187. The van der Waals surface area contributed by atoms with Crippen LogP contribution in [0.15, 0.2) is 0 Å². The van der Waals surface area contributed by atoms with Crippen LogP contribution in [-0.2, 0) is 9.53 Å². The molecule has 2 N–H and O–H groups in total. The van der Waals surface area contributed by atoms with Gasteiger partial charge in [-0.25, -0.2) is 4.79 Å². The van der Waals surface area contributed by atoms with Gasteiger partial charge in [-0.2, -0.15) is 0 Å². The summed E-state index contributed by atoms with van der Waals surface area (Å²) in [5, 5.41) is 20.4. The third kappa shape index (κ3) is 3.10. The van der Waals surface area contributed by atoms with Gasteiger partial charge < -0.3 is 14.9 Å². The normalized spacial score (nSPS) is 31.5.